The van der Waals surface area contributed by atoms with Crippen LogP contribution < -0.4 is 4.90 Å². The highest BCUT2D eigenvalue weighted by atomic mass is 35.5. The van der Waals surface area contributed by atoms with Gasteiger partial charge in [-0.05, 0) is 68.5 Å². The van der Waals surface area contributed by atoms with Crippen LogP contribution in [-0.2, 0) is 16.1 Å². The molecule has 0 saturated carbocycles. The third kappa shape index (κ3) is 5.45. The Balaban J connectivity index is 0.00000259. The zero-order valence-electron chi connectivity index (χ0n) is 18.4. The molecule has 0 aliphatic carbocycles. The number of carbonyl (C=O) groups excluding carboxylic acids is 1. The van der Waals surface area contributed by atoms with E-state index in [4.69, 9.17) is 9.15 Å². The molecular weight excluding hydrogens is 447 g/mol. The Kier molecular flexibility index (Phi) is 7.45. The number of likely N-dealkylation sites (tertiary alicyclic amines) is 1. The number of benzene rings is 1. The fourth-order valence-corrected chi connectivity index (χ4v) is 4.68. The Bertz CT molecular complexity index is 1060. The predicted molar refractivity (Wildman–Crippen MR) is 125 cm³/mol. The smallest absolute Gasteiger partial charge is 0.329 e. The number of oxazole rings is 1. The van der Waals surface area contributed by atoms with E-state index in [9.17, 15) is 9.18 Å². The van der Waals surface area contributed by atoms with Crippen molar-refractivity contribution in [2.24, 2.45) is 0 Å². The van der Waals surface area contributed by atoms with Gasteiger partial charge in [0.25, 0.3) is 6.01 Å². The van der Waals surface area contributed by atoms with Gasteiger partial charge in [0.15, 0.2) is 5.58 Å². The van der Waals surface area contributed by atoms with Gasteiger partial charge in [-0.15, -0.1) is 12.4 Å². The first kappa shape index (κ1) is 23.4. The van der Waals surface area contributed by atoms with Crippen LogP contribution in [-0.4, -0.2) is 52.6 Å². The summed E-state index contributed by atoms with van der Waals surface area (Å²) in [4.78, 5) is 25.5. The standard InChI is InChI=1S/C24H27FN4O3.ClH/c25-22-14-17(10-11-26-22)15-28-12-5-6-18(16-28)31-23(30)20-8-3-4-13-29(20)24-27-19-7-1-2-9-21(19)32-24;/h1-2,7,9-11,14,18,20H,3-6,8,12-13,15-16H2;1H/t18-,20-;/m0./s1. The van der Waals surface area contributed by atoms with Crippen molar-refractivity contribution in [2.75, 3.05) is 24.5 Å². The Hall–Kier alpha value is -2.71. The Morgan fingerprint density at radius 3 is 2.88 bits per heavy atom. The number of fused-ring (bicyclic) bond motifs is 1. The van der Waals surface area contributed by atoms with E-state index < -0.39 is 5.95 Å². The van der Waals surface area contributed by atoms with Crippen LogP contribution in [0.1, 0.15) is 37.7 Å². The van der Waals surface area contributed by atoms with Crippen molar-refractivity contribution >= 4 is 35.5 Å². The second kappa shape index (κ2) is 10.5. The largest absolute Gasteiger partial charge is 0.459 e. The SMILES string of the molecule is Cl.O=C(O[C@H]1CCCN(Cc2ccnc(F)c2)C1)[C@@H]1CCCCN1c1nc2ccccc2o1. The van der Waals surface area contributed by atoms with Crippen molar-refractivity contribution in [1.82, 2.24) is 14.9 Å². The molecule has 0 N–H and O–H groups in total. The molecule has 2 fully saturated rings. The van der Waals surface area contributed by atoms with Crippen molar-refractivity contribution in [3.05, 3.63) is 54.1 Å². The van der Waals surface area contributed by atoms with Gasteiger partial charge < -0.3 is 14.1 Å². The lowest BCUT2D eigenvalue weighted by atomic mass is 10.0. The van der Waals surface area contributed by atoms with Crippen molar-refractivity contribution < 1.29 is 18.3 Å². The molecule has 2 aliphatic rings. The number of halogens is 2. The molecule has 9 heteroatoms. The van der Waals surface area contributed by atoms with Crippen LogP contribution >= 0.6 is 12.4 Å². The van der Waals surface area contributed by atoms with Crippen molar-refractivity contribution in [3.63, 3.8) is 0 Å². The molecule has 2 atom stereocenters. The summed E-state index contributed by atoms with van der Waals surface area (Å²) >= 11 is 0. The molecule has 3 aromatic rings. The minimum atomic E-state index is -0.473. The number of rotatable bonds is 5. The zero-order chi connectivity index (χ0) is 21.9. The molecule has 1 aromatic carbocycles. The molecule has 7 nitrogen and oxygen atoms in total. The predicted octanol–water partition coefficient (Wildman–Crippen LogP) is 4.35. The maximum absolute atomic E-state index is 13.4. The Labute approximate surface area is 198 Å². The number of anilines is 1. The first-order valence-corrected chi connectivity index (χ1v) is 11.3. The fourth-order valence-electron chi connectivity index (χ4n) is 4.68. The average molecular weight is 475 g/mol. The van der Waals surface area contributed by atoms with Gasteiger partial charge in [-0.25, -0.2) is 9.78 Å². The van der Waals surface area contributed by atoms with Crippen LogP contribution in [0.4, 0.5) is 10.4 Å². The molecule has 2 aliphatic heterocycles. The lowest BCUT2D eigenvalue weighted by molar-refractivity contribution is -0.154. The van der Waals surface area contributed by atoms with E-state index in [0.29, 0.717) is 19.1 Å². The highest BCUT2D eigenvalue weighted by Gasteiger charge is 2.35. The van der Waals surface area contributed by atoms with Gasteiger partial charge in [0.2, 0.25) is 5.95 Å². The van der Waals surface area contributed by atoms with E-state index in [2.05, 4.69) is 14.9 Å². The molecule has 0 bridgehead atoms. The van der Waals surface area contributed by atoms with Crippen molar-refractivity contribution in [1.29, 1.82) is 0 Å². The van der Waals surface area contributed by atoms with Crippen LogP contribution in [0, 0.1) is 5.95 Å². The van der Waals surface area contributed by atoms with Gasteiger partial charge >= 0.3 is 5.97 Å². The van der Waals surface area contributed by atoms with Crippen LogP contribution in [0.25, 0.3) is 11.1 Å². The number of pyridine rings is 1. The number of piperidine rings is 2. The molecular formula is C24H28ClFN4O3. The van der Waals surface area contributed by atoms with E-state index in [1.54, 1.807) is 0 Å². The van der Waals surface area contributed by atoms with E-state index in [1.165, 1.54) is 12.3 Å². The molecule has 2 saturated heterocycles. The number of hydrogen-bond donors (Lipinski definition) is 0. The molecule has 4 heterocycles. The summed E-state index contributed by atoms with van der Waals surface area (Å²) < 4.78 is 25.3. The average Bonchev–Trinajstić information content (AvgIpc) is 3.24. The van der Waals surface area contributed by atoms with E-state index >= 15 is 0 Å². The van der Waals surface area contributed by atoms with Crippen LogP contribution in [0.5, 0.6) is 0 Å². The molecule has 0 unspecified atom stereocenters. The third-order valence-corrected chi connectivity index (χ3v) is 6.25. The maximum Gasteiger partial charge on any atom is 0.329 e. The van der Waals surface area contributed by atoms with Gasteiger partial charge in [0.1, 0.15) is 17.7 Å². The first-order valence-electron chi connectivity index (χ1n) is 11.3. The Morgan fingerprint density at radius 2 is 2.03 bits per heavy atom. The summed E-state index contributed by atoms with van der Waals surface area (Å²) in [5, 5.41) is 0. The highest BCUT2D eigenvalue weighted by molar-refractivity contribution is 5.85. The van der Waals surface area contributed by atoms with Gasteiger partial charge in [0, 0.05) is 25.8 Å². The number of para-hydroxylation sites is 2. The summed E-state index contributed by atoms with van der Waals surface area (Å²) in [7, 11) is 0. The molecule has 2 aromatic heterocycles. The van der Waals surface area contributed by atoms with Crippen LogP contribution in [0.2, 0.25) is 0 Å². The lowest BCUT2D eigenvalue weighted by Gasteiger charge is -2.36. The molecule has 176 valence electrons. The molecule has 0 spiro atoms. The van der Waals surface area contributed by atoms with Gasteiger partial charge in [-0.2, -0.15) is 9.37 Å². The second-order valence-electron chi connectivity index (χ2n) is 8.59. The monoisotopic (exact) mass is 474 g/mol. The van der Waals surface area contributed by atoms with Crippen molar-refractivity contribution in [2.45, 2.75) is 50.8 Å². The quantitative estimate of drug-likeness (QED) is 0.402. The maximum atomic E-state index is 13.4. The number of hydrogen-bond acceptors (Lipinski definition) is 7. The van der Waals surface area contributed by atoms with Gasteiger partial charge in [-0.3, -0.25) is 4.90 Å². The van der Waals surface area contributed by atoms with E-state index in [1.807, 2.05) is 35.2 Å². The molecule has 0 radical (unpaired) electrons. The van der Waals surface area contributed by atoms with Gasteiger partial charge in [-0.1, -0.05) is 12.1 Å². The number of nitrogens with zero attached hydrogens (tertiary/aromatic N) is 4. The minimum Gasteiger partial charge on any atom is -0.459 e. The normalized spacial score (nSPS) is 21.5. The van der Waals surface area contributed by atoms with Crippen LogP contribution in [0.3, 0.4) is 0 Å². The molecule has 0 amide bonds. The summed E-state index contributed by atoms with van der Waals surface area (Å²) in [6, 6.07) is 11.0. The van der Waals surface area contributed by atoms with E-state index in [0.717, 1.165) is 61.9 Å². The molecule has 5 rings (SSSR count). The lowest BCUT2D eigenvalue weighted by Crippen LogP contribution is -2.48. The Morgan fingerprint density at radius 1 is 1.15 bits per heavy atom. The summed E-state index contributed by atoms with van der Waals surface area (Å²) in [5.74, 6) is -0.687. The summed E-state index contributed by atoms with van der Waals surface area (Å²) in [5.41, 5.74) is 2.38. The second-order valence-corrected chi connectivity index (χ2v) is 8.59. The third-order valence-electron chi connectivity index (χ3n) is 6.25. The van der Waals surface area contributed by atoms with E-state index in [-0.39, 0.29) is 30.5 Å². The number of ether oxygens (including phenoxy) is 1. The number of esters is 1. The van der Waals surface area contributed by atoms with Gasteiger partial charge in [0.05, 0.1) is 0 Å². The number of carbonyl (C=O) groups is 1. The highest BCUT2D eigenvalue weighted by Crippen LogP contribution is 2.29. The molecule has 33 heavy (non-hydrogen) atoms. The van der Waals surface area contributed by atoms with Crippen molar-refractivity contribution in [3.8, 4) is 0 Å². The van der Waals surface area contributed by atoms with Crippen LogP contribution in [0.15, 0.2) is 47.0 Å². The number of aromatic nitrogens is 2. The fraction of sp³-hybridized carbons (Fsp3) is 0.458. The zero-order valence-corrected chi connectivity index (χ0v) is 19.2. The topological polar surface area (TPSA) is 71.7 Å². The summed E-state index contributed by atoms with van der Waals surface area (Å²) in [6.07, 6.45) is 5.77. The first-order chi connectivity index (χ1) is 15.7. The summed E-state index contributed by atoms with van der Waals surface area (Å²) in [6.45, 7) is 2.88. The minimum absolute atomic E-state index is 0.